The van der Waals surface area contributed by atoms with Gasteiger partial charge >= 0.3 is 0 Å². The molecule has 2 heterocycles. The predicted octanol–water partition coefficient (Wildman–Crippen LogP) is 3.30. The van der Waals surface area contributed by atoms with E-state index in [1.807, 2.05) is 42.2 Å². The van der Waals surface area contributed by atoms with Crippen molar-refractivity contribution in [1.82, 2.24) is 4.90 Å². The van der Waals surface area contributed by atoms with Crippen molar-refractivity contribution in [2.24, 2.45) is 5.73 Å². The fourth-order valence-electron chi connectivity index (χ4n) is 3.12. The molecule has 1 aromatic heterocycles. The third-order valence-corrected chi connectivity index (χ3v) is 4.42. The van der Waals surface area contributed by atoms with Crippen LogP contribution in [0.2, 0.25) is 0 Å². The van der Waals surface area contributed by atoms with Crippen molar-refractivity contribution in [1.29, 1.82) is 0 Å². The summed E-state index contributed by atoms with van der Waals surface area (Å²) in [6.07, 6.45) is 3.23. The van der Waals surface area contributed by atoms with Crippen LogP contribution < -0.4 is 5.73 Å². The van der Waals surface area contributed by atoms with E-state index in [0.717, 1.165) is 42.5 Å². The van der Waals surface area contributed by atoms with E-state index < -0.39 is 0 Å². The lowest BCUT2D eigenvalue weighted by Crippen LogP contribution is -2.48. The molecule has 1 fully saturated rings. The molecular formula is C17H23ClN2O2. The topological polar surface area (TPSA) is 59.5 Å². The van der Waals surface area contributed by atoms with Gasteiger partial charge in [-0.2, -0.15) is 0 Å². The van der Waals surface area contributed by atoms with Gasteiger partial charge in [0.15, 0.2) is 0 Å². The van der Waals surface area contributed by atoms with E-state index in [2.05, 4.69) is 0 Å². The van der Waals surface area contributed by atoms with Crippen molar-refractivity contribution in [3.63, 3.8) is 0 Å². The zero-order chi connectivity index (χ0) is 14.8. The van der Waals surface area contributed by atoms with Gasteiger partial charge in [0.05, 0.1) is 5.92 Å². The van der Waals surface area contributed by atoms with Crippen LogP contribution >= 0.6 is 12.4 Å². The van der Waals surface area contributed by atoms with Crippen LogP contribution in [-0.4, -0.2) is 29.9 Å². The van der Waals surface area contributed by atoms with Crippen molar-refractivity contribution < 1.29 is 9.21 Å². The number of para-hydroxylation sites is 1. The van der Waals surface area contributed by atoms with Crippen molar-refractivity contribution in [3.05, 3.63) is 36.1 Å². The summed E-state index contributed by atoms with van der Waals surface area (Å²) in [5, 5.41) is 1.04. The highest BCUT2D eigenvalue weighted by Crippen LogP contribution is 2.28. The first-order chi connectivity index (χ1) is 10.2. The number of fused-ring (bicyclic) bond motifs is 1. The molecule has 2 N–H and O–H groups in total. The average molecular weight is 323 g/mol. The SMILES string of the molecule is CC(C(=O)N1CCCCC1CN)c1cc2ccccc2o1.Cl. The third-order valence-electron chi connectivity index (χ3n) is 4.42. The molecule has 2 aromatic rings. The van der Waals surface area contributed by atoms with Gasteiger partial charge in [0.2, 0.25) is 5.91 Å². The highest BCUT2D eigenvalue weighted by Gasteiger charge is 2.30. The van der Waals surface area contributed by atoms with E-state index in [1.165, 1.54) is 0 Å². The number of hydrogen-bond donors (Lipinski definition) is 1. The van der Waals surface area contributed by atoms with E-state index in [9.17, 15) is 4.79 Å². The van der Waals surface area contributed by atoms with Crippen LogP contribution in [0.4, 0.5) is 0 Å². The lowest BCUT2D eigenvalue weighted by molar-refractivity contribution is -0.136. The highest BCUT2D eigenvalue weighted by molar-refractivity contribution is 5.86. The fourth-order valence-corrected chi connectivity index (χ4v) is 3.12. The molecule has 22 heavy (non-hydrogen) atoms. The number of furan rings is 1. The Balaban J connectivity index is 0.00000176. The Bertz CT molecular complexity index is 607. The van der Waals surface area contributed by atoms with Crippen LogP contribution in [-0.2, 0) is 4.79 Å². The van der Waals surface area contributed by atoms with Crippen LogP contribution in [0.25, 0.3) is 11.0 Å². The van der Waals surface area contributed by atoms with E-state index in [0.29, 0.717) is 6.54 Å². The first-order valence-electron chi connectivity index (χ1n) is 7.69. The second kappa shape index (κ2) is 7.16. The maximum atomic E-state index is 12.8. The summed E-state index contributed by atoms with van der Waals surface area (Å²) in [7, 11) is 0. The standard InChI is InChI=1S/C17H22N2O2.ClH/c1-12(16-10-13-6-2-3-8-15(13)21-16)17(20)19-9-5-4-7-14(19)11-18;/h2-3,6,8,10,12,14H,4-5,7,9,11,18H2,1H3;1H. The summed E-state index contributed by atoms with van der Waals surface area (Å²) >= 11 is 0. The van der Waals surface area contributed by atoms with Crippen LogP contribution in [0.15, 0.2) is 34.7 Å². The number of carbonyl (C=O) groups is 1. The summed E-state index contributed by atoms with van der Waals surface area (Å²) in [6.45, 7) is 3.27. The van der Waals surface area contributed by atoms with Gasteiger partial charge in [-0.3, -0.25) is 4.79 Å². The van der Waals surface area contributed by atoms with Gasteiger partial charge < -0.3 is 15.1 Å². The minimum absolute atomic E-state index is 0. The second-order valence-electron chi connectivity index (χ2n) is 5.83. The van der Waals surface area contributed by atoms with Crippen molar-refractivity contribution >= 4 is 29.3 Å². The number of hydrogen-bond acceptors (Lipinski definition) is 3. The van der Waals surface area contributed by atoms with Gasteiger partial charge in [-0.25, -0.2) is 0 Å². The number of halogens is 1. The molecule has 0 radical (unpaired) electrons. The molecule has 1 aromatic carbocycles. The molecule has 0 bridgehead atoms. The Morgan fingerprint density at radius 2 is 2.18 bits per heavy atom. The first kappa shape index (κ1) is 16.8. The molecule has 0 spiro atoms. The zero-order valence-corrected chi connectivity index (χ0v) is 13.6. The Morgan fingerprint density at radius 1 is 1.41 bits per heavy atom. The average Bonchev–Trinajstić information content (AvgIpc) is 2.97. The van der Waals surface area contributed by atoms with Gasteiger partial charge in [-0.1, -0.05) is 18.2 Å². The summed E-state index contributed by atoms with van der Waals surface area (Å²) in [4.78, 5) is 14.7. The highest BCUT2D eigenvalue weighted by atomic mass is 35.5. The summed E-state index contributed by atoms with van der Waals surface area (Å²) in [6, 6.07) is 10.0. The zero-order valence-electron chi connectivity index (χ0n) is 12.8. The molecule has 2 atom stereocenters. The molecule has 5 heteroatoms. The summed E-state index contributed by atoms with van der Waals surface area (Å²) in [5.74, 6) is 0.608. The van der Waals surface area contributed by atoms with Crippen molar-refractivity contribution in [2.45, 2.75) is 38.1 Å². The van der Waals surface area contributed by atoms with Crippen molar-refractivity contribution in [3.8, 4) is 0 Å². The molecular weight excluding hydrogens is 300 g/mol. The minimum atomic E-state index is -0.260. The van der Waals surface area contributed by atoms with Gasteiger partial charge in [0.1, 0.15) is 11.3 Å². The molecule has 1 aliphatic rings. The Hall–Kier alpha value is -1.52. The van der Waals surface area contributed by atoms with E-state index >= 15 is 0 Å². The molecule has 3 rings (SSSR count). The quantitative estimate of drug-likeness (QED) is 0.943. The molecule has 1 saturated heterocycles. The molecule has 0 saturated carbocycles. The van der Waals surface area contributed by atoms with Crippen LogP contribution in [0, 0.1) is 0 Å². The van der Waals surface area contributed by atoms with Gasteiger partial charge in [0, 0.05) is 24.5 Å². The van der Waals surface area contributed by atoms with Gasteiger partial charge in [-0.05, 0) is 38.3 Å². The largest absolute Gasteiger partial charge is 0.460 e. The minimum Gasteiger partial charge on any atom is -0.460 e. The molecule has 1 amide bonds. The number of rotatable bonds is 3. The van der Waals surface area contributed by atoms with Crippen LogP contribution in [0.3, 0.4) is 0 Å². The number of likely N-dealkylation sites (tertiary alicyclic amines) is 1. The number of carbonyl (C=O) groups excluding carboxylic acids is 1. The summed E-state index contributed by atoms with van der Waals surface area (Å²) < 4.78 is 5.83. The Morgan fingerprint density at radius 3 is 2.91 bits per heavy atom. The number of piperidine rings is 1. The lowest BCUT2D eigenvalue weighted by Gasteiger charge is -2.36. The Kier molecular flexibility index (Phi) is 5.48. The monoisotopic (exact) mass is 322 g/mol. The molecule has 0 aliphatic carbocycles. The smallest absolute Gasteiger partial charge is 0.233 e. The first-order valence-corrected chi connectivity index (χ1v) is 7.69. The lowest BCUT2D eigenvalue weighted by atomic mass is 9.98. The number of nitrogens with zero attached hydrogens (tertiary/aromatic N) is 1. The number of amides is 1. The molecule has 2 unspecified atom stereocenters. The molecule has 1 aliphatic heterocycles. The molecule has 4 nitrogen and oxygen atoms in total. The van der Waals surface area contributed by atoms with Gasteiger partial charge in [-0.15, -0.1) is 12.4 Å². The number of benzene rings is 1. The van der Waals surface area contributed by atoms with E-state index in [-0.39, 0.29) is 30.3 Å². The normalized spacial score (nSPS) is 19.7. The maximum absolute atomic E-state index is 12.8. The van der Waals surface area contributed by atoms with Gasteiger partial charge in [0.25, 0.3) is 0 Å². The maximum Gasteiger partial charge on any atom is 0.233 e. The van der Waals surface area contributed by atoms with Crippen LogP contribution in [0.5, 0.6) is 0 Å². The number of nitrogens with two attached hydrogens (primary N) is 1. The Labute approximate surface area is 137 Å². The third kappa shape index (κ3) is 3.13. The molecule has 120 valence electrons. The van der Waals surface area contributed by atoms with Crippen LogP contribution in [0.1, 0.15) is 37.9 Å². The van der Waals surface area contributed by atoms with E-state index in [4.69, 9.17) is 10.2 Å². The summed E-state index contributed by atoms with van der Waals surface area (Å²) in [5.41, 5.74) is 6.65. The fraction of sp³-hybridized carbons (Fsp3) is 0.471. The van der Waals surface area contributed by atoms with E-state index in [1.54, 1.807) is 0 Å². The van der Waals surface area contributed by atoms with Crippen molar-refractivity contribution in [2.75, 3.05) is 13.1 Å². The second-order valence-corrected chi connectivity index (χ2v) is 5.83. The predicted molar refractivity (Wildman–Crippen MR) is 90.3 cm³/mol.